The highest BCUT2D eigenvalue weighted by molar-refractivity contribution is 5.43. The van der Waals surface area contributed by atoms with Gasteiger partial charge in [0, 0.05) is 12.5 Å². The summed E-state index contributed by atoms with van der Waals surface area (Å²) in [7, 11) is 1.37. The molecule has 112 valence electrons. The lowest BCUT2D eigenvalue weighted by atomic mass is 9.91. The number of hydrogen-bond donors (Lipinski definition) is 1. The number of alkyl halides is 2. The maximum atomic E-state index is 12.4. The summed E-state index contributed by atoms with van der Waals surface area (Å²) in [5, 5.41) is 10.3. The lowest BCUT2D eigenvalue weighted by Gasteiger charge is -2.27. The van der Waals surface area contributed by atoms with Gasteiger partial charge in [-0.2, -0.15) is 8.78 Å². The number of rotatable bonds is 5. The molecule has 4 nitrogen and oxygen atoms in total. The van der Waals surface area contributed by atoms with Gasteiger partial charge in [-0.3, -0.25) is 0 Å². The predicted octanol–water partition coefficient (Wildman–Crippen LogP) is 2.76. The molecule has 6 heteroatoms. The molecular formula is C14H18F2O4. The van der Waals surface area contributed by atoms with Crippen molar-refractivity contribution in [1.82, 2.24) is 0 Å². The summed E-state index contributed by atoms with van der Waals surface area (Å²) in [6, 6.07) is 4.56. The van der Waals surface area contributed by atoms with Crippen LogP contribution in [0, 0.1) is 5.92 Å². The molecule has 0 amide bonds. The first-order valence-corrected chi connectivity index (χ1v) is 6.50. The second kappa shape index (κ2) is 6.85. The van der Waals surface area contributed by atoms with Gasteiger partial charge in [0.15, 0.2) is 11.5 Å². The Morgan fingerprint density at radius 3 is 2.75 bits per heavy atom. The van der Waals surface area contributed by atoms with Crippen LogP contribution >= 0.6 is 0 Å². The number of methoxy groups -OCH3 is 1. The summed E-state index contributed by atoms with van der Waals surface area (Å²) in [4.78, 5) is 0. The summed E-state index contributed by atoms with van der Waals surface area (Å²) in [6.07, 6.45) is 0.970. The molecule has 0 bridgehead atoms. The molecule has 0 spiro atoms. The van der Waals surface area contributed by atoms with E-state index in [0.717, 1.165) is 12.8 Å². The molecule has 0 radical (unpaired) electrons. The third-order valence-corrected chi connectivity index (χ3v) is 3.39. The molecule has 0 saturated carbocycles. The van der Waals surface area contributed by atoms with Crippen molar-refractivity contribution in [2.24, 2.45) is 5.92 Å². The largest absolute Gasteiger partial charge is 0.493 e. The van der Waals surface area contributed by atoms with E-state index in [1.807, 2.05) is 0 Å². The second-order valence-electron chi connectivity index (χ2n) is 4.71. The van der Waals surface area contributed by atoms with Gasteiger partial charge in [0.25, 0.3) is 0 Å². The van der Waals surface area contributed by atoms with Crippen LogP contribution in [0.3, 0.4) is 0 Å². The maximum Gasteiger partial charge on any atom is 0.387 e. The molecule has 2 atom stereocenters. The van der Waals surface area contributed by atoms with Crippen LogP contribution in [0.5, 0.6) is 11.5 Å². The Morgan fingerprint density at radius 2 is 2.15 bits per heavy atom. The molecule has 0 aromatic heterocycles. The van der Waals surface area contributed by atoms with E-state index in [2.05, 4.69) is 4.74 Å². The average Bonchev–Trinajstić information content (AvgIpc) is 2.46. The fourth-order valence-electron chi connectivity index (χ4n) is 2.35. The Morgan fingerprint density at radius 1 is 1.35 bits per heavy atom. The molecule has 1 aliphatic rings. The van der Waals surface area contributed by atoms with Gasteiger partial charge < -0.3 is 19.3 Å². The van der Waals surface area contributed by atoms with Crippen LogP contribution < -0.4 is 9.47 Å². The lowest BCUT2D eigenvalue weighted by Crippen LogP contribution is -2.23. The van der Waals surface area contributed by atoms with Crippen molar-refractivity contribution in [2.45, 2.75) is 25.6 Å². The van der Waals surface area contributed by atoms with Gasteiger partial charge in [-0.05, 0) is 30.5 Å². The van der Waals surface area contributed by atoms with Gasteiger partial charge in [0.2, 0.25) is 0 Å². The van der Waals surface area contributed by atoms with Crippen LogP contribution in [0.1, 0.15) is 24.5 Å². The third-order valence-electron chi connectivity index (χ3n) is 3.39. The van der Waals surface area contributed by atoms with Crippen LogP contribution in [-0.2, 0) is 4.74 Å². The molecule has 1 fully saturated rings. The smallest absolute Gasteiger partial charge is 0.387 e. The van der Waals surface area contributed by atoms with E-state index in [1.54, 1.807) is 6.07 Å². The number of ether oxygens (including phenoxy) is 3. The number of benzene rings is 1. The van der Waals surface area contributed by atoms with Crippen LogP contribution in [0.2, 0.25) is 0 Å². The molecule has 1 saturated heterocycles. The Kier molecular flexibility index (Phi) is 5.14. The Hall–Kier alpha value is -1.40. The standard InChI is InChI=1S/C14H18F2O4/c1-18-11-5-4-9(7-12(11)20-14(15)16)13(17)10-3-2-6-19-8-10/h4-5,7,10,13-14,17H,2-3,6,8H2,1H3. The van der Waals surface area contributed by atoms with Crippen molar-refractivity contribution in [3.05, 3.63) is 23.8 Å². The van der Waals surface area contributed by atoms with E-state index in [9.17, 15) is 13.9 Å². The highest BCUT2D eigenvalue weighted by Crippen LogP contribution is 2.35. The normalized spacial score (nSPS) is 20.8. The second-order valence-corrected chi connectivity index (χ2v) is 4.71. The zero-order chi connectivity index (χ0) is 14.5. The first kappa shape index (κ1) is 15.0. The quantitative estimate of drug-likeness (QED) is 0.905. The Balaban J connectivity index is 2.18. The summed E-state index contributed by atoms with van der Waals surface area (Å²) < 4.78 is 39.4. The van der Waals surface area contributed by atoms with Crippen molar-refractivity contribution in [3.63, 3.8) is 0 Å². The highest BCUT2D eigenvalue weighted by atomic mass is 19.3. The average molecular weight is 288 g/mol. The van der Waals surface area contributed by atoms with Crippen LogP contribution in [0.4, 0.5) is 8.78 Å². The molecule has 1 aliphatic heterocycles. The maximum absolute atomic E-state index is 12.4. The van der Waals surface area contributed by atoms with E-state index < -0.39 is 12.7 Å². The van der Waals surface area contributed by atoms with Crippen molar-refractivity contribution >= 4 is 0 Å². The first-order chi connectivity index (χ1) is 9.61. The predicted molar refractivity (Wildman–Crippen MR) is 68.1 cm³/mol. The summed E-state index contributed by atoms with van der Waals surface area (Å²) in [5.41, 5.74) is 0.525. The van der Waals surface area contributed by atoms with Crippen LogP contribution in [0.15, 0.2) is 18.2 Å². The minimum Gasteiger partial charge on any atom is -0.493 e. The summed E-state index contributed by atoms with van der Waals surface area (Å²) in [6.45, 7) is -1.77. The van der Waals surface area contributed by atoms with Gasteiger partial charge in [-0.15, -0.1) is 0 Å². The number of aliphatic hydroxyl groups excluding tert-OH is 1. The molecular weight excluding hydrogens is 270 g/mol. The fourth-order valence-corrected chi connectivity index (χ4v) is 2.35. The van der Waals surface area contributed by atoms with E-state index in [1.165, 1.54) is 19.2 Å². The van der Waals surface area contributed by atoms with E-state index in [-0.39, 0.29) is 17.4 Å². The molecule has 1 aromatic carbocycles. The van der Waals surface area contributed by atoms with Crippen molar-refractivity contribution in [2.75, 3.05) is 20.3 Å². The summed E-state index contributed by atoms with van der Waals surface area (Å²) >= 11 is 0. The monoisotopic (exact) mass is 288 g/mol. The highest BCUT2D eigenvalue weighted by Gasteiger charge is 2.25. The molecule has 1 N–H and O–H groups in total. The summed E-state index contributed by atoms with van der Waals surface area (Å²) in [5.74, 6) is 0.105. The molecule has 0 aliphatic carbocycles. The Bertz CT molecular complexity index is 433. The van der Waals surface area contributed by atoms with Gasteiger partial charge >= 0.3 is 6.61 Å². The topological polar surface area (TPSA) is 47.9 Å². The van der Waals surface area contributed by atoms with Gasteiger partial charge in [0.1, 0.15) is 0 Å². The minimum atomic E-state index is -2.94. The molecule has 1 heterocycles. The number of hydrogen-bond acceptors (Lipinski definition) is 4. The molecule has 20 heavy (non-hydrogen) atoms. The SMILES string of the molecule is COc1ccc(C(O)C2CCCOC2)cc1OC(F)F. The number of aliphatic hydroxyl groups is 1. The van der Waals surface area contributed by atoms with Crippen molar-refractivity contribution < 1.29 is 28.1 Å². The molecule has 2 rings (SSSR count). The number of halogens is 2. The fraction of sp³-hybridized carbons (Fsp3) is 0.571. The van der Waals surface area contributed by atoms with Crippen molar-refractivity contribution in [1.29, 1.82) is 0 Å². The first-order valence-electron chi connectivity index (χ1n) is 6.50. The lowest BCUT2D eigenvalue weighted by molar-refractivity contribution is -0.0516. The van der Waals surface area contributed by atoms with Crippen LogP contribution in [0.25, 0.3) is 0 Å². The van der Waals surface area contributed by atoms with E-state index in [0.29, 0.717) is 18.8 Å². The van der Waals surface area contributed by atoms with E-state index in [4.69, 9.17) is 9.47 Å². The van der Waals surface area contributed by atoms with E-state index >= 15 is 0 Å². The van der Waals surface area contributed by atoms with Gasteiger partial charge in [-0.1, -0.05) is 6.07 Å². The van der Waals surface area contributed by atoms with Crippen molar-refractivity contribution in [3.8, 4) is 11.5 Å². The Labute approximate surface area is 116 Å². The molecule has 2 unspecified atom stereocenters. The van der Waals surface area contributed by atoms with Gasteiger partial charge in [-0.25, -0.2) is 0 Å². The zero-order valence-corrected chi connectivity index (χ0v) is 11.2. The minimum absolute atomic E-state index is 0.0310. The zero-order valence-electron chi connectivity index (χ0n) is 11.2. The molecule has 1 aromatic rings. The van der Waals surface area contributed by atoms with Crippen LogP contribution in [-0.4, -0.2) is 32.0 Å². The third kappa shape index (κ3) is 3.58. The van der Waals surface area contributed by atoms with Gasteiger partial charge in [0.05, 0.1) is 19.8 Å².